The molecule has 3 unspecified atom stereocenters. The van der Waals surface area contributed by atoms with E-state index in [1.165, 1.54) is 12.0 Å². The Kier molecular flexibility index (Phi) is 3.08. The Morgan fingerprint density at radius 1 is 1.33 bits per heavy atom. The van der Waals surface area contributed by atoms with E-state index in [0.29, 0.717) is 0 Å². The summed E-state index contributed by atoms with van der Waals surface area (Å²) in [5.41, 5.74) is 6.83. The normalized spacial score (nSPS) is 31.4. The summed E-state index contributed by atoms with van der Waals surface area (Å²) in [6.45, 7) is 3.03. The minimum Gasteiger partial charge on any atom is -0.369 e. The average molecular weight is 244 g/mol. The van der Waals surface area contributed by atoms with Crippen molar-refractivity contribution in [2.45, 2.75) is 18.8 Å². The third kappa shape index (κ3) is 2.41. The van der Waals surface area contributed by atoms with Crippen LogP contribution in [0.3, 0.4) is 0 Å². The van der Waals surface area contributed by atoms with Crippen molar-refractivity contribution in [1.82, 2.24) is 4.90 Å². The third-order valence-corrected chi connectivity index (χ3v) is 4.32. The standard InChI is InChI=1S/C15H20N2O/c16-15(18)12-6-7-17(9-12)10-13-8-14(13)11-4-2-1-3-5-11/h1-5,12-14H,6-10H2,(H2,16,18). The van der Waals surface area contributed by atoms with Crippen molar-refractivity contribution in [2.75, 3.05) is 19.6 Å². The lowest BCUT2D eigenvalue weighted by Crippen LogP contribution is -2.28. The average Bonchev–Trinajstić information content (AvgIpc) is 2.97. The summed E-state index contributed by atoms with van der Waals surface area (Å²) in [4.78, 5) is 13.5. The maximum atomic E-state index is 11.1. The van der Waals surface area contributed by atoms with E-state index in [9.17, 15) is 4.79 Å². The van der Waals surface area contributed by atoms with Crippen LogP contribution in [0.25, 0.3) is 0 Å². The Hall–Kier alpha value is -1.35. The van der Waals surface area contributed by atoms with Gasteiger partial charge in [-0.1, -0.05) is 30.3 Å². The molecule has 18 heavy (non-hydrogen) atoms. The SMILES string of the molecule is NC(=O)C1CCN(CC2CC2c2ccccc2)C1. The van der Waals surface area contributed by atoms with E-state index < -0.39 is 0 Å². The zero-order valence-corrected chi connectivity index (χ0v) is 10.6. The van der Waals surface area contributed by atoms with E-state index in [1.807, 2.05) is 0 Å². The molecule has 0 aromatic heterocycles. The Balaban J connectivity index is 1.51. The van der Waals surface area contributed by atoms with Crippen molar-refractivity contribution < 1.29 is 4.79 Å². The maximum Gasteiger partial charge on any atom is 0.221 e. The van der Waals surface area contributed by atoms with Gasteiger partial charge in [-0.3, -0.25) is 4.79 Å². The number of carbonyl (C=O) groups is 1. The summed E-state index contributed by atoms with van der Waals surface area (Å²) in [7, 11) is 0. The highest BCUT2D eigenvalue weighted by Gasteiger charge is 2.40. The fraction of sp³-hybridized carbons (Fsp3) is 0.533. The van der Waals surface area contributed by atoms with Crippen LogP contribution < -0.4 is 5.73 Å². The first-order valence-corrected chi connectivity index (χ1v) is 6.80. The molecule has 3 atom stereocenters. The van der Waals surface area contributed by atoms with E-state index in [-0.39, 0.29) is 11.8 Å². The van der Waals surface area contributed by atoms with Gasteiger partial charge in [-0.15, -0.1) is 0 Å². The molecule has 3 nitrogen and oxygen atoms in total. The number of hydrogen-bond donors (Lipinski definition) is 1. The van der Waals surface area contributed by atoms with Crippen LogP contribution in [0, 0.1) is 11.8 Å². The van der Waals surface area contributed by atoms with E-state index in [2.05, 4.69) is 35.2 Å². The highest BCUT2D eigenvalue weighted by Crippen LogP contribution is 2.48. The summed E-state index contributed by atoms with van der Waals surface area (Å²) in [5, 5.41) is 0. The van der Waals surface area contributed by atoms with Gasteiger partial charge in [-0.05, 0) is 36.8 Å². The van der Waals surface area contributed by atoms with E-state index >= 15 is 0 Å². The van der Waals surface area contributed by atoms with Crippen molar-refractivity contribution in [3.8, 4) is 0 Å². The minimum absolute atomic E-state index is 0.0823. The number of nitrogens with two attached hydrogens (primary N) is 1. The lowest BCUT2D eigenvalue weighted by molar-refractivity contribution is -0.121. The molecule has 1 amide bonds. The van der Waals surface area contributed by atoms with Crippen LogP contribution in [0.4, 0.5) is 0 Å². The Morgan fingerprint density at radius 3 is 2.78 bits per heavy atom. The molecule has 1 saturated carbocycles. The predicted molar refractivity (Wildman–Crippen MR) is 71.0 cm³/mol. The molecule has 0 spiro atoms. The summed E-state index contributed by atoms with van der Waals surface area (Å²) in [5.74, 6) is 1.46. The van der Waals surface area contributed by atoms with Crippen molar-refractivity contribution >= 4 is 5.91 Å². The highest BCUT2D eigenvalue weighted by molar-refractivity contribution is 5.77. The molecule has 1 saturated heterocycles. The molecular formula is C15H20N2O. The topological polar surface area (TPSA) is 46.3 Å². The molecule has 1 aliphatic carbocycles. The van der Waals surface area contributed by atoms with Crippen LogP contribution in [0.1, 0.15) is 24.3 Å². The number of amides is 1. The van der Waals surface area contributed by atoms with Gasteiger partial charge >= 0.3 is 0 Å². The van der Waals surface area contributed by atoms with Crippen molar-refractivity contribution in [2.24, 2.45) is 17.6 Å². The molecule has 1 aromatic carbocycles. The van der Waals surface area contributed by atoms with Gasteiger partial charge in [0, 0.05) is 13.1 Å². The number of benzene rings is 1. The first-order valence-electron chi connectivity index (χ1n) is 6.80. The van der Waals surface area contributed by atoms with Gasteiger partial charge in [0.2, 0.25) is 5.91 Å². The number of likely N-dealkylation sites (tertiary alicyclic amines) is 1. The number of primary amides is 1. The van der Waals surface area contributed by atoms with Crippen LogP contribution in [0.2, 0.25) is 0 Å². The van der Waals surface area contributed by atoms with E-state index in [0.717, 1.165) is 37.9 Å². The molecule has 3 rings (SSSR count). The van der Waals surface area contributed by atoms with Gasteiger partial charge < -0.3 is 10.6 Å². The van der Waals surface area contributed by atoms with Crippen molar-refractivity contribution in [3.63, 3.8) is 0 Å². The second-order valence-corrected chi connectivity index (χ2v) is 5.66. The molecular weight excluding hydrogens is 224 g/mol. The van der Waals surface area contributed by atoms with Gasteiger partial charge in [-0.25, -0.2) is 0 Å². The molecule has 2 fully saturated rings. The zero-order chi connectivity index (χ0) is 12.5. The summed E-state index contributed by atoms with van der Waals surface area (Å²) in [6, 6.07) is 10.7. The van der Waals surface area contributed by atoms with Crippen LogP contribution in [0.15, 0.2) is 30.3 Å². The van der Waals surface area contributed by atoms with Gasteiger partial charge in [0.15, 0.2) is 0 Å². The number of rotatable bonds is 4. The molecule has 1 aliphatic heterocycles. The Morgan fingerprint density at radius 2 is 2.11 bits per heavy atom. The second-order valence-electron chi connectivity index (χ2n) is 5.66. The van der Waals surface area contributed by atoms with Gasteiger partial charge in [0.05, 0.1) is 5.92 Å². The Bertz CT molecular complexity index is 431. The Labute approximate surface area is 108 Å². The van der Waals surface area contributed by atoms with E-state index in [1.54, 1.807) is 0 Å². The molecule has 2 aliphatic rings. The minimum atomic E-state index is -0.132. The molecule has 1 aromatic rings. The van der Waals surface area contributed by atoms with Crippen molar-refractivity contribution in [3.05, 3.63) is 35.9 Å². The molecule has 96 valence electrons. The lowest BCUT2D eigenvalue weighted by Gasteiger charge is -2.15. The molecule has 2 N–H and O–H groups in total. The number of hydrogen-bond acceptors (Lipinski definition) is 2. The zero-order valence-electron chi connectivity index (χ0n) is 10.6. The summed E-state index contributed by atoms with van der Waals surface area (Å²) >= 11 is 0. The predicted octanol–water partition coefficient (Wildman–Crippen LogP) is 1.60. The molecule has 3 heteroatoms. The van der Waals surface area contributed by atoms with Crippen LogP contribution in [-0.4, -0.2) is 30.4 Å². The summed E-state index contributed by atoms with van der Waals surface area (Å²) in [6.07, 6.45) is 2.24. The fourth-order valence-corrected chi connectivity index (χ4v) is 3.12. The fourth-order valence-electron chi connectivity index (χ4n) is 3.12. The largest absolute Gasteiger partial charge is 0.369 e. The van der Waals surface area contributed by atoms with Crippen LogP contribution >= 0.6 is 0 Å². The van der Waals surface area contributed by atoms with Gasteiger partial charge in [0.25, 0.3) is 0 Å². The smallest absolute Gasteiger partial charge is 0.221 e. The summed E-state index contributed by atoms with van der Waals surface area (Å²) < 4.78 is 0. The molecule has 0 radical (unpaired) electrons. The third-order valence-electron chi connectivity index (χ3n) is 4.32. The number of nitrogens with zero attached hydrogens (tertiary/aromatic N) is 1. The van der Waals surface area contributed by atoms with E-state index in [4.69, 9.17) is 5.73 Å². The first kappa shape index (κ1) is 11.7. The molecule has 0 bridgehead atoms. The van der Waals surface area contributed by atoms with Crippen molar-refractivity contribution in [1.29, 1.82) is 0 Å². The highest BCUT2D eigenvalue weighted by atomic mass is 16.1. The lowest BCUT2D eigenvalue weighted by atomic mass is 10.1. The maximum absolute atomic E-state index is 11.1. The molecule has 1 heterocycles. The van der Waals surface area contributed by atoms with Crippen LogP contribution in [-0.2, 0) is 4.79 Å². The monoisotopic (exact) mass is 244 g/mol. The second kappa shape index (κ2) is 4.73. The van der Waals surface area contributed by atoms with Gasteiger partial charge in [0.1, 0.15) is 0 Å². The first-order chi connectivity index (χ1) is 8.74. The van der Waals surface area contributed by atoms with Crippen LogP contribution in [0.5, 0.6) is 0 Å². The quantitative estimate of drug-likeness (QED) is 0.874. The van der Waals surface area contributed by atoms with Gasteiger partial charge in [-0.2, -0.15) is 0 Å². The number of carbonyl (C=O) groups excluding carboxylic acids is 1.